The molecule has 0 aliphatic carbocycles. The summed E-state index contributed by atoms with van der Waals surface area (Å²) in [6.45, 7) is 0.248. The van der Waals surface area contributed by atoms with Crippen LogP contribution in [0.5, 0.6) is 11.5 Å². The van der Waals surface area contributed by atoms with Gasteiger partial charge in [-0.05, 0) is 30.1 Å². The summed E-state index contributed by atoms with van der Waals surface area (Å²) in [5.41, 5.74) is 1.57. The molecule has 1 atom stereocenters. The first-order valence-electron chi connectivity index (χ1n) is 7.32. The van der Waals surface area contributed by atoms with E-state index in [0.29, 0.717) is 5.56 Å². The second-order valence-corrected chi connectivity index (χ2v) is 6.23. The number of hydrogen-bond donors (Lipinski definition) is 2. The minimum atomic E-state index is -0.177. The van der Waals surface area contributed by atoms with E-state index in [-0.39, 0.29) is 18.7 Å². The van der Waals surface area contributed by atoms with Crippen LogP contribution in [0.15, 0.2) is 53.6 Å². The van der Waals surface area contributed by atoms with E-state index in [2.05, 4.69) is 10.0 Å². The van der Waals surface area contributed by atoms with Crippen molar-refractivity contribution in [2.24, 2.45) is 0 Å². The van der Waals surface area contributed by atoms with Crippen LogP contribution < -0.4 is 19.5 Å². The first-order chi connectivity index (χ1) is 11.3. The van der Waals surface area contributed by atoms with Gasteiger partial charge in [0.15, 0.2) is 11.5 Å². The highest BCUT2D eigenvalue weighted by molar-refractivity contribution is 8.04. The molecule has 0 radical (unpaired) electrons. The molecule has 1 unspecified atom stereocenters. The molecule has 2 N–H and O–H groups in total. The fraction of sp³-hybridized carbons (Fsp3) is 0.176. The molecular weight excluding hydrogens is 315 g/mol. The Balaban J connectivity index is 1.40. The molecule has 0 saturated carbocycles. The van der Waals surface area contributed by atoms with Gasteiger partial charge in [0.25, 0.3) is 0 Å². The van der Waals surface area contributed by atoms with E-state index in [4.69, 9.17) is 9.47 Å². The number of benzene rings is 2. The quantitative estimate of drug-likeness (QED) is 0.823. The summed E-state index contributed by atoms with van der Waals surface area (Å²) in [7, 11) is 0. The van der Waals surface area contributed by atoms with Gasteiger partial charge in [0.1, 0.15) is 5.82 Å². The number of fused-ring (bicyclic) bond motifs is 1. The largest absolute Gasteiger partial charge is 0.454 e. The summed E-state index contributed by atoms with van der Waals surface area (Å²) in [4.78, 5) is 1.11. The molecule has 2 aromatic carbocycles. The van der Waals surface area contributed by atoms with Crippen molar-refractivity contribution in [3.8, 4) is 11.5 Å². The van der Waals surface area contributed by atoms with E-state index in [0.717, 1.165) is 28.5 Å². The van der Waals surface area contributed by atoms with E-state index in [1.54, 1.807) is 6.07 Å². The van der Waals surface area contributed by atoms with E-state index in [1.807, 2.05) is 36.5 Å². The lowest BCUT2D eigenvalue weighted by Crippen LogP contribution is -2.11. The van der Waals surface area contributed by atoms with Gasteiger partial charge >= 0.3 is 0 Å². The van der Waals surface area contributed by atoms with Crippen LogP contribution in [0.4, 0.5) is 10.1 Å². The highest BCUT2D eigenvalue weighted by Gasteiger charge is 2.22. The van der Waals surface area contributed by atoms with Crippen LogP contribution in [-0.2, 0) is 0 Å². The normalized spacial score (nSPS) is 18.5. The third-order valence-electron chi connectivity index (χ3n) is 3.82. The Hall–Kier alpha value is -2.34. The summed E-state index contributed by atoms with van der Waals surface area (Å²) >= 11 is 1.50. The maximum absolute atomic E-state index is 13.9. The van der Waals surface area contributed by atoms with Gasteiger partial charge in [-0.1, -0.05) is 24.3 Å². The minimum absolute atomic E-state index is 0.0263. The number of nitrogens with one attached hydrogen (secondary N) is 2. The summed E-state index contributed by atoms with van der Waals surface area (Å²) in [5, 5.41) is 3.23. The van der Waals surface area contributed by atoms with Gasteiger partial charge < -0.3 is 19.5 Å². The minimum Gasteiger partial charge on any atom is -0.454 e. The zero-order valence-corrected chi connectivity index (χ0v) is 13.0. The van der Waals surface area contributed by atoms with Gasteiger partial charge in [-0.25, -0.2) is 4.39 Å². The molecule has 0 bridgehead atoms. The molecule has 6 heteroatoms. The molecular formula is C17H15FN2O2S. The highest BCUT2D eigenvalue weighted by Crippen LogP contribution is 2.41. The molecule has 2 aliphatic rings. The van der Waals surface area contributed by atoms with Crippen molar-refractivity contribution in [1.29, 1.82) is 0 Å². The van der Waals surface area contributed by atoms with Crippen LogP contribution in [0.25, 0.3) is 0 Å². The molecule has 0 aromatic heterocycles. The van der Waals surface area contributed by atoms with Crippen LogP contribution in [0.1, 0.15) is 18.0 Å². The van der Waals surface area contributed by atoms with Gasteiger partial charge in [-0.2, -0.15) is 0 Å². The number of anilines is 1. The molecule has 2 aromatic rings. The lowest BCUT2D eigenvalue weighted by atomic mass is 10.1. The second kappa shape index (κ2) is 6.04. The molecule has 4 nitrogen and oxygen atoms in total. The summed E-state index contributed by atoms with van der Waals surface area (Å²) in [6.07, 6.45) is 2.67. The third kappa shape index (κ3) is 2.82. The molecule has 118 valence electrons. The molecule has 0 amide bonds. The Morgan fingerprint density at radius 2 is 2.04 bits per heavy atom. The number of rotatable bonds is 4. The van der Waals surface area contributed by atoms with E-state index in [9.17, 15) is 4.39 Å². The van der Waals surface area contributed by atoms with Crippen LogP contribution in [-0.4, -0.2) is 6.79 Å². The molecule has 2 heterocycles. The maximum atomic E-state index is 13.9. The Labute approximate surface area is 137 Å². The average molecular weight is 330 g/mol. The monoisotopic (exact) mass is 330 g/mol. The summed E-state index contributed by atoms with van der Waals surface area (Å²) in [5.74, 6) is 1.31. The average Bonchev–Trinajstić information content (AvgIpc) is 3.22. The molecule has 23 heavy (non-hydrogen) atoms. The van der Waals surface area contributed by atoms with Gasteiger partial charge in [-0.15, -0.1) is 0 Å². The lowest BCUT2D eigenvalue weighted by molar-refractivity contribution is 0.174. The van der Waals surface area contributed by atoms with Gasteiger partial charge in [-0.3, -0.25) is 0 Å². The lowest BCUT2D eigenvalue weighted by Gasteiger charge is -2.13. The topological polar surface area (TPSA) is 42.5 Å². The van der Waals surface area contributed by atoms with Crippen molar-refractivity contribution < 1.29 is 13.9 Å². The van der Waals surface area contributed by atoms with Crippen molar-refractivity contribution in [1.82, 2.24) is 5.32 Å². The van der Waals surface area contributed by atoms with Crippen LogP contribution in [0.3, 0.4) is 0 Å². The number of hydrogen-bond acceptors (Lipinski definition) is 5. The van der Waals surface area contributed by atoms with Crippen LogP contribution in [0.2, 0.25) is 0 Å². The van der Waals surface area contributed by atoms with Crippen LogP contribution in [0, 0.1) is 5.82 Å². The van der Waals surface area contributed by atoms with Gasteiger partial charge in [0, 0.05) is 23.1 Å². The van der Waals surface area contributed by atoms with E-state index < -0.39 is 0 Å². The Bertz CT molecular complexity index is 766. The van der Waals surface area contributed by atoms with E-state index in [1.165, 1.54) is 18.0 Å². The number of ether oxygens (including phenoxy) is 2. The van der Waals surface area contributed by atoms with Crippen molar-refractivity contribution >= 4 is 17.6 Å². The second-order valence-electron chi connectivity index (χ2n) is 5.30. The van der Waals surface area contributed by atoms with Crippen molar-refractivity contribution in [3.05, 3.63) is 65.0 Å². The summed E-state index contributed by atoms with van der Waals surface area (Å²) < 4.78 is 28.0. The Morgan fingerprint density at radius 1 is 1.13 bits per heavy atom. The Kier molecular flexibility index (Phi) is 3.75. The zero-order valence-electron chi connectivity index (χ0n) is 12.2. The fourth-order valence-electron chi connectivity index (χ4n) is 2.67. The summed E-state index contributed by atoms with van der Waals surface area (Å²) in [6, 6.07) is 12.6. The van der Waals surface area contributed by atoms with Crippen molar-refractivity contribution in [2.45, 2.75) is 12.5 Å². The maximum Gasteiger partial charge on any atom is 0.231 e. The molecule has 0 spiro atoms. The fourth-order valence-corrected chi connectivity index (χ4v) is 3.45. The highest BCUT2D eigenvalue weighted by atomic mass is 32.2. The third-order valence-corrected chi connectivity index (χ3v) is 4.69. The Morgan fingerprint density at radius 3 is 2.96 bits per heavy atom. The van der Waals surface area contributed by atoms with Crippen LogP contribution >= 0.6 is 11.9 Å². The number of para-hydroxylation sites is 1. The number of halogens is 1. The van der Waals surface area contributed by atoms with Gasteiger partial charge in [0.05, 0.1) is 11.7 Å². The van der Waals surface area contributed by atoms with E-state index >= 15 is 0 Å². The molecule has 2 aliphatic heterocycles. The first kappa shape index (κ1) is 14.3. The first-order valence-corrected chi connectivity index (χ1v) is 8.14. The van der Waals surface area contributed by atoms with Crippen molar-refractivity contribution in [2.75, 3.05) is 11.5 Å². The SMILES string of the molecule is Fc1ccccc1C1CC(SNc2cccc3c2OCO3)=CN1. The predicted octanol–water partition coefficient (Wildman–Crippen LogP) is 4.19. The zero-order chi connectivity index (χ0) is 15.6. The molecule has 4 rings (SSSR count). The van der Waals surface area contributed by atoms with Crippen molar-refractivity contribution in [3.63, 3.8) is 0 Å². The van der Waals surface area contributed by atoms with Gasteiger partial charge in [0.2, 0.25) is 6.79 Å². The molecule has 0 fully saturated rings. The predicted molar refractivity (Wildman–Crippen MR) is 88.8 cm³/mol. The molecule has 0 saturated heterocycles. The smallest absolute Gasteiger partial charge is 0.231 e. The standard InChI is InChI=1S/C17H15FN2O2S/c18-13-5-2-1-4-12(13)15-8-11(9-19-15)23-20-14-6-3-7-16-17(14)22-10-21-16/h1-7,9,15,19-20H,8,10H2.